The monoisotopic (exact) mass is 392 g/mol. The Kier molecular flexibility index (Phi) is 4.30. The normalized spacial score (nSPS) is 18.8. The summed E-state index contributed by atoms with van der Waals surface area (Å²) in [7, 11) is 0. The predicted molar refractivity (Wildman–Crippen MR) is 106 cm³/mol. The highest BCUT2D eigenvalue weighted by atomic mass is 16.2. The summed E-state index contributed by atoms with van der Waals surface area (Å²) in [5, 5.41) is 12.7. The number of urea groups is 1. The van der Waals surface area contributed by atoms with Gasteiger partial charge in [0.2, 0.25) is 0 Å². The van der Waals surface area contributed by atoms with Crippen LogP contribution in [0.2, 0.25) is 0 Å². The van der Waals surface area contributed by atoms with E-state index in [9.17, 15) is 14.4 Å². The smallest absolute Gasteiger partial charge is 0.322 e. The molecule has 9 heteroatoms. The number of hydrogen-bond donors (Lipinski definition) is 3. The summed E-state index contributed by atoms with van der Waals surface area (Å²) < 4.78 is 1.79. The fourth-order valence-corrected chi connectivity index (χ4v) is 3.30. The van der Waals surface area contributed by atoms with Crippen LogP contribution in [0.5, 0.6) is 0 Å². The fraction of sp³-hybridized carbons (Fsp3) is 0.250. The number of carbonyl (C=O) groups excluding carboxylic acids is 3. The number of carbonyl (C=O) groups is 3. The molecule has 0 saturated carbocycles. The molecule has 1 atom stereocenters. The molecule has 4 amide bonds. The van der Waals surface area contributed by atoms with Gasteiger partial charge in [0.05, 0.1) is 11.8 Å². The molecule has 148 valence electrons. The quantitative estimate of drug-likeness (QED) is 0.589. The maximum absolute atomic E-state index is 12.7. The average molecular weight is 392 g/mol. The Bertz CT molecular complexity index is 1150. The molecule has 29 heavy (non-hydrogen) atoms. The van der Waals surface area contributed by atoms with Gasteiger partial charge in [-0.1, -0.05) is 12.1 Å². The van der Waals surface area contributed by atoms with Crippen molar-refractivity contribution in [2.75, 3.05) is 5.32 Å². The van der Waals surface area contributed by atoms with Crippen LogP contribution in [-0.2, 0) is 10.3 Å². The van der Waals surface area contributed by atoms with Gasteiger partial charge < -0.3 is 10.6 Å². The van der Waals surface area contributed by atoms with Crippen LogP contribution in [0.1, 0.15) is 42.7 Å². The van der Waals surface area contributed by atoms with Crippen molar-refractivity contribution in [2.45, 2.75) is 32.4 Å². The van der Waals surface area contributed by atoms with Gasteiger partial charge >= 0.3 is 6.03 Å². The lowest BCUT2D eigenvalue weighted by Gasteiger charge is -2.21. The second-order valence-corrected chi connectivity index (χ2v) is 7.39. The van der Waals surface area contributed by atoms with Gasteiger partial charge in [-0.25, -0.2) is 14.5 Å². The minimum absolute atomic E-state index is 0.164. The molecule has 0 spiro atoms. The van der Waals surface area contributed by atoms with Crippen LogP contribution >= 0.6 is 0 Å². The number of anilines is 1. The molecule has 3 heterocycles. The van der Waals surface area contributed by atoms with Crippen molar-refractivity contribution in [3.05, 3.63) is 53.9 Å². The number of nitrogens with zero attached hydrogens (tertiary/aromatic N) is 3. The Hall–Kier alpha value is -3.75. The largest absolute Gasteiger partial charge is 0.322 e. The van der Waals surface area contributed by atoms with Crippen molar-refractivity contribution in [1.82, 2.24) is 25.4 Å². The summed E-state index contributed by atoms with van der Waals surface area (Å²) in [5.41, 5.74) is 0.980. The SMILES string of the molecule is CC(C)n1ncc2cc(C(=O)Nc3cccc([C@@]4(C)NC(=O)NC4=O)c3)cnc21. The summed E-state index contributed by atoms with van der Waals surface area (Å²) in [4.78, 5) is 40.7. The molecule has 2 aromatic heterocycles. The molecule has 3 aromatic rings. The molecule has 1 saturated heterocycles. The van der Waals surface area contributed by atoms with E-state index in [1.165, 1.54) is 6.20 Å². The number of rotatable bonds is 4. The standard InChI is InChI=1S/C20H20N6O3/c1-11(2)26-16-12(10-22-26)7-13(9-21-16)17(27)23-15-6-4-5-14(8-15)20(3)18(28)24-19(29)25-20/h4-11H,1-3H3,(H,23,27)(H2,24,25,28,29)/t20-/m1/s1. The third kappa shape index (κ3) is 3.20. The first-order valence-corrected chi connectivity index (χ1v) is 9.16. The number of benzene rings is 1. The predicted octanol–water partition coefficient (Wildman–Crippen LogP) is 2.32. The van der Waals surface area contributed by atoms with Crippen LogP contribution in [0.3, 0.4) is 0 Å². The maximum atomic E-state index is 12.7. The second-order valence-electron chi connectivity index (χ2n) is 7.39. The Balaban J connectivity index is 1.58. The van der Waals surface area contributed by atoms with Crippen molar-refractivity contribution in [2.24, 2.45) is 0 Å². The Labute approximate surface area is 166 Å². The van der Waals surface area contributed by atoms with Gasteiger partial charge in [-0.2, -0.15) is 5.10 Å². The molecule has 3 N–H and O–H groups in total. The lowest BCUT2D eigenvalue weighted by atomic mass is 9.92. The van der Waals surface area contributed by atoms with Crippen LogP contribution in [-0.4, -0.2) is 32.6 Å². The summed E-state index contributed by atoms with van der Waals surface area (Å²) in [6, 6.07) is 8.15. The number of nitrogens with one attached hydrogen (secondary N) is 3. The lowest BCUT2D eigenvalue weighted by molar-refractivity contribution is -0.123. The molecule has 0 aliphatic carbocycles. The van der Waals surface area contributed by atoms with E-state index in [2.05, 4.69) is 26.0 Å². The third-order valence-electron chi connectivity index (χ3n) is 4.93. The lowest BCUT2D eigenvalue weighted by Crippen LogP contribution is -2.40. The van der Waals surface area contributed by atoms with E-state index in [0.717, 1.165) is 11.0 Å². The van der Waals surface area contributed by atoms with Crippen LogP contribution in [0.25, 0.3) is 11.0 Å². The number of hydrogen-bond acceptors (Lipinski definition) is 5. The molecule has 9 nitrogen and oxygen atoms in total. The minimum Gasteiger partial charge on any atom is -0.322 e. The van der Waals surface area contributed by atoms with Gasteiger partial charge in [-0.3, -0.25) is 14.9 Å². The van der Waals surface area contributed by atoms with Crippen molar-refractivity contribution >= 4 is 34.6 Å². The molecular weight excluding hydrogens is 372 g/mol. The first-order valence-electron chi connectivity index (χ1n) is 9.16. The fourth-order valence-electron chi connectivity index (χ4n) is 3.30. The molecule has 1 fully saturated rings. The van der Waals surface area contributed by atoms with Gasteiger partial charge in [-0.05, 0) is 44.5 Å². The van der Waals surface area contributed by atoms with Gasteiger partial charge in [0, 0.05) is 23.3 Å². The zero-order valence-electron chi connectivity index (χ0n) is 16.2. The summed E-state index contributed by atoms with van der Waals surface area (Å²) in [6.07, 6.45) is 3.19. The topological polar surface area (TPSA) is 118 Å². The van der Waals surface area contributed by atoms with E-state index in [0.29, 0.717) is 16.8 Å². The summed E-state index contributed by atoms with van der Waals surface area (Å²) in [6.45, 7) is 5.63. The zero-order chi connectivity index (χ0) is 20.8. The number of fused-ring (bicyclic) bond motifs is 1. The molecule has 0 unspecified atom stereocenters. The molecular formula is C20H20N6O3. The number of aromatic nitrogens is 3. The van der Waals surface area contributed by atoms with Gasteiger partial charge in [0.15, 0.2) is 5.65 Å². The van der Waals surface area contributed by atoms with E-state index >= 15 is 0 Å². The Morgan fingerprint density at radius 2 is 2.00 bits per heavy atom. The summed E-state index contributed by atoms with van der Waals surface area (Å²) in [5.74, 6) is -0.776. The zero-order valence-corrected chi connectivity index (χ0v) is 16.2. The van der Waals surface area contributed by atoms with Crippen molar-refractivity contribution in [3.63, 3.8) is 0 Å². The first-order chi connectivity index (χ1) is 13.8. The van der Waals surface area contributed by atoms with Crippen LogP contribution in [0.15, 0.2) is 42.7 Å². The highest BCUT2D eigenvalue weighted by Gasteiger charge is 2.43. The van der Waals surface area contributed by atoms with E-state index in [1.54, 1.807) is 48.1 Å². The summed E-state index contributed by atoms with van der Waals surface area (Å²) >= 11 is 0. The van der Waals surface area contributed by atoms with Crippen LogP contribution in [0, 0.1) is 0 Å². The van der Waals surface area contributed by atoms with Crippen molar-refractivity contribution in [3.8, 4) is 0 Å². The maximum Gasteiger partial charge on any atom is 0.322 e. The van der Waals surface area contributed by atoms with Gasteiger partial charge in [0.1, 0.15) is 5.54 Å². The third-order valence-corrected chi connectivity index (χ3v) is 4.93. The van der Waals surface area contributed by atoms with Crippen LogP contribution < -0.4 is 16.0 Å². The molecule has 1 aliphatic rings. The second kappa shape index (κ2) is 6.69. The van der Waals surface area contributed by atoms with E-state index < -0.39 is 17.5 Å². The first kappa shape index (κ1) is 18.6. The number of amides is 4. The molecule has 0 bridgehead atoms. The highest BCUT2D eigenvalue weighted by molar-refractivity contribution is 6.08. The number of pyridine rings is 1. The Morgan fingerprint density at radius 3 is 2.69 bits per heavy atom. The van der Waals surface area contributed by atoms with Crippen molar-refractivity contribution < 1.29 is 14.4 Å². The minimum atomic E-state index is -1.19. The highest BCUT2D eigenvalue weighted by Crippen LogP contribution is 2.27. The molecule has 1 aliphatic heterocycles. The molecule has 1 aromatic carbocycles. The Morgan fingerprint density at radius 1 is 1.21 bits per heavy atom. The number of imide groups is 1. The van der Waals surface area contributed by atoms with E-state index in [4.69, 9.17) is 0 Å². The van der Waals surface area contributed by atoms with E-state index in [-0.39, 0.29) is 11.9 Å². The van der Waals surface area contributed by atoms with Crippen LogP contribution in [0.4, 0.5) is 10.5 Å². The van der Waals surface area contributed by atoms with Gasteiger partial charge in [0.25, 0.3) is 11.8 Å². The van der Waals surface area contributed by atoms with Gasteiger partial charge in [-0.15, -0.1) is 0 Å². The molecule has 0 radical (unpaired) electrons. The van der Waals surface area contributed by atoms with Crippen molar-refractivity contribution in [1.29, 1.82) is 0 Å². The average Bonchev–Trinajstić information content (AvgIpc) is 3.22. The van der Waals surface area contributed by atoms with E-state index in [1.807, 2.05) is 13.8 Å². The molecule has 4 rings (SSSR count).